The van der Waals surface area contributed by atoms with Crippen LogP contribution in [0.25, 0.3) is 0 Å². The number of carbonyl (C=O) groups is 1. The molecule has 1 aliphatic heterocycles. The van der Waals surface area contributed by atoms with E-state index in [0.717, 1.165) is 30.5 Å². The highest BCUT2D eigenvalue weighted by molar-refractivity contribution is 7.92. The second-order valence-corrected chi connectivity index (χ2v) is 15.6. The Labute approximate surface area is 242 Å². The largest absolute Gasteiger partial charge is 0.435 e. The number of benzene rings is 2. The van der Waals surface area contributed by atoms with Gasteiger partial charge in [-0.1, -0.05) is 24.3 Å². The monoisotopic (exact) mass is 661 g/mol. The highest BCUT2D eigenvalue weighted by atomic mass is 32.2. The van der Waals surface area contributed by atoms with Crippen molar-refractivity contribution in [3.05, 3.63) is 65.5 Å². The molecular formula is C27H27F8NO5S2. The molecule has 0 aromatic heterocycles. The van der Waals surface area contributed by atoms with Gasteiger partial charge in [0.15, 0.2) is 9.84 Å². The van der Waals surface area contributed by atoms with Gasteiger partial charge in [-0.15, -0.1) is 0 Å². The Morgan fingerprint density at radius 2 is 1.33 bits per heavy atom. The number of likely N-dealkylation sites (tertiary alicyclic amines) is 1. The van der Waals surface area contributed by atoms with Crippen molar-refractivity contribution in [1.82, 2.24) is 4.90 Å². The summed E-state index contributed by atoms with van der Waals surface area (Å²) in [7, 11) is -7.91. The van der Waals surface area contributed by atoms with Gasteiger partial charge < -0.3 is 4.90 Å². The average molecular weight is 662 g/mol. The second kappa shape index (κ2) is 11.0. The van der Waals surface area contributed by atoms with E-state index < -0.39 is 82.3 Å². The lowest BCUT2D eigenvalue weighted by Crippen LogP contribution is -2.50. The molecule has 238 valence electrons. The summed E-state index contributed by atoms with van der Waals surface area (Å²) in [5, 5.41) is -0.623. The van der Waals surface area contributed by atoms with Crippen LogP contribution in [0.1, 0.15) is 43.2 Å². The van der Waals surface area contributed by atoms with E-state index in [9.17, 15) is 56.8 Å². The minimum absolute atomic E-state index is 0.162. The molecule has 1 saturated carbocycles. The van der Waals surface area contributed by atoms with Crippen molar-refractivity contribution in [3.63, 3.8) is 0 Å². The summed E-state index contributed by atoms with van der Waals surface area (Å²) in [6.45, 7) is -0.707. The van der Waals surface area contributed by atoms with E-state index in [1.807, 2.05) is 0 Å². The SMILES string of the molecule is CS(=O)(=O)C1CCC(C(=O)N2CC[C@@](c3ccc(C(F)(C(F)(F)F)C(F)(F)F)cc3)(S(=O)(=O)c3ccc(F)cc3)C2)CC1. The summed E-state index contributed by atoms with van der Waals surface area (Å²) < 4.78 is 158. The van der Waals surface area contributed by atoms with Crippen molar-refractivity contribution in [3.8, 4) is 0 Å². The normalized spacial score (nSPS) is 24.3. The van der Waals surface area contributed by atoms with Crippen molar-refractivity contribution >= 4 is 25.6 Å². The average Bonchev–Trinajstić information content (AvgIpc) is 3.38. The minimum atomic E-state index is -6.38. The molecule has 16 heteroatoms. The first-order chi connectivity index (χ1) is 19.6. The van der Waals surface area contributed by atoms with Crippen LogP contribution in [0.5, 0.6) is 0 Å². The standard InChI is InChI=1S/C27H27F8NO5S2/c1-42(38,39)21-10-2-17(3-11-21)23(37)36-15-14-24(16-36,43(40,41)22-12-8-20(28)9-13-22)18-4-6-19(7-5-18)25(29,26(30,31)32)27(33,34)35/h4-9,12-13,17,21H,2-3,10-11,14-16H2,1H3/t17?,21?,24-/m1/s1. The molecule has 2 aliphatic rings. The molecule has 0 bridgehead atoms. The van der Waals surface area contributed by atoms with Gasteiger partial charge in [0.05, 0.1) is 10.1 Å². The van der Waals surface area contributed by atoms with Gasteiger partial charge >= 0.3 is 18.0 Å². The van der Waals surface area contributed by atoms with Gasteiger partial charge in [0.1, 0.15) is 20.4 Å². The van der Waals surface area contributed by atoms with E-state index >= 15 is 0 Å². The van der Waals surface area contributed by atoms with Crippen LogP contribution in [-0.4, -0.2) is 64.6 Å². The molecule has 0 spiro atoms. The summed E-state index contributed by atoms with van der Waals surface area (Å²) in [6, 6.07) is 5.35. The number of halogens is 8. The number of hydrogen-bond donors (Lipinski definition) is 0. The first-order valence-electron chi connectivity index (χ1n) is 13.1. The van der Waals surface area contributed by atoms with E-state index in [4.69, 9.17) is 0 Å². The third-order valence-electron chi connectivity index (χ3n) is 8.40. The van der Waals surface area contributed by atoms with Crippen molar-refractivity contribution in [2.75, 3.05) is 19.3 Å². The molecule has 0 radical (unpaired) electrons. The van der Waals surface area contributed by atoms with E-state index in [0.29, 0.717) is 12.1 Å². The Morgan fingerprint density at radius 3 is 1.79 bits per heavy atom. The topological polar surface area (TPSA) is 88.6 Å². The number of nitrogens with zero attached hydrogens (tertiary/aromatic N) is 1. The molecule has 0 unspecified atom stereocenters. The molecule has 6 nitrogen and oxygen atoms in total. The summed E-state index contributed by atoms with van der Waals surface area (Å²) in [4.78, 5) is 14.2. The number of hydrogen-bond acceptors (Lipinski definition) is 5. The molecule has 1 aliphatic carbocycles. The maximum Gasteiger partial charge on any atom is 0.435 e. The fraction of sp³-hybridized carbons (Fsp3) is 0.519. The van der Waals surface area contributed by atoms with Crippen LogP contribution in [0.4, 0.5) is 35.1 Å². The van der Waals surface area contributed by atoms with Crippen LogP contribution >= 0.6 is 0 Å². The molecule has 2 aromatic rings. The molecule has 2 aromatic carbocycles. The Morgan fingerprint density at radius 1 is 0.814 bits per heavy atom. The van der Waals surface area contributed by atoms with Gasteiger partial charge in [-0.3, -0.25) is 4.79 Å². The third-order valence-corrected chi connectivity index (χ3v) is 12.6. The van der Waals surface area contributed by atoms with Crippen molar-refractivity contribution in [2.24, 2.45) is 5.92 Å². The van der Waals surface area contributed by atoms with Crippen LogP contribution in [0, 0.1) is 11.7 Å². The first kappa shape index (κ1) is 33.1. The highest BCUT2D eigenvalue weighted by Gasteiger charge is 2.73. The van der Waals surface area contributed by atoms with Crippen LogP contribution in [-0.2, 0) is 34.9 Å². The van der Waals surface area contributed by atoms with Crippen LogP contribution < -0.4 is 0 Å². The Kier molecular flexibility index (Phi) is 8.48. The van der Waals surface area contributed by atoms with Gasteiger partial charge in [0, 0.05) is 30.8 Å². The molecule has 2 fully saturated rings. The molecule has 1 heterocycles. The van der Waals surface area contributed by atoms with Crippen LogP contribution in [0.2, 0.25) is 0 Å². The Balaban J connectivity index is 1.74. The highest BCUT2D eigenvalue weighted by Crippen LogP contribution is 2.54. The number of rotatable bonds is 6. The minimum Gasteiger partial charge on any atom is -0.340 e. The molecule has 0 N–H and O–H groups in total. The number of amides is 1. The lowest BCUT2D eigenvalue weighted by Gasteiger charge is -2.33. The lowest BCUT2D eigenvalue weighted by atomic mass is 9.88. The maximum absolute atomic E-state index is 14.7. The summed E-state index contributed by atoms with van der Waals surface area (Å²) in [6.07, 6.45) is -11.1. The fourth-order valence-electron chi connectivity index (χ4n) is 5.91. The van der Waals surface area contributed by atoms with Crippen molar-refractivity contribution in [1.29, 1.82) is 0 Å². The van der Waals surface area contributed by atoms with Gasteiger partial charge in [-0.05, 0) is 61.9 Å². The molecule has 1 saturated heterocycles. The molecule has 4 rings (SSSR count). The van der Waals surface area contributed by atoms with Crippen molar-refractivity contribution < 1.29 is 56.8 Å². The Hall–Kier alpha value is -2.75. The van der Waals surface area contributed by atoms with Gasteiger partial charge in [0.2, 0.25) is 5.91 Å². The predicted octanol–water partition coefficient (Wildman–Crippen LogP) is 5.62. The zero-order chi connectivity index (χ0) is 32.2. The van der Waals surface area contributed by atoms with E-state index in [-0.39, 0.29) is 56.3 Å². The molecule has 1 atom stereocenters. The number of carbonyl (C=O) groups excluding carboxylic acids is 1. The summed E-state index contributed by atoms with van der Waals surface area (Å²) >= 11 is 0. The number of sulfone groups is 2. The lowest BCUT2D eigenvalue weighted by molar-refractivity contribution is -0.348. The fourth-order valence-corrected chi connectivity index (χ4v) is 9.11. The van der Waals surface area contributed by atoms with Gasteiger partial charge in [-0.2, -0.15) is 26.3 Å². The smallest absolute Gasteiger partial charge is 0.340 e. The maximum atomic E-state index is 14.7. The van der Waals surface area contributed by atoms with Gasteiger partial charge in [-0.25, -0.2) is 25.6 Å². The third kappa shape index (κ3) is 5.76. The van der Waals surface area contributed by atoms with E-state index in [1.165, 1.54) is 4.90 Å². The van der Waals surface area contributed by atoms with Crippen LogP contribution in [0.3, 0.4) is 0 Å². The summed E-state index contributed by atoms with van der Waals surface area (Å²) in [5.41, 5.74) is -7.83. The molecule has 43 heavy (non-hydrogen) atoms. The second-order valence-electron chi connectivity index (χ2n) is 11.0. The van der Waals surface area contributed by atoms with Crippen molar-refractivity contribution in [2.45, 2.75) is 65.0 Å². The molecular weight excluding hydrogens is 634 g/mol. The predicted molar refractivity (Wildman–Crippen MR) is 138 cm³/mol. The first-order valence-corrected chi connectivity index (χ1v) is 16.5. The van der Waals surface area contributed by atoms with Crippen LogP contribution in [0.15, 0.2) is 53.4 Å². The zero-order valence-electron chi connectivity index (χ0n) is 22.6. The zero-order valence-corrected chi connectivity index (χ0v) is 24.2. The molecule has 1 amide bonds. The summed E-state index contributed by atoms with van der Waals surface area (Å²) in [5.74, 6) is -1.88. The number of alkyl halides is 7. The van der Waals surface area contributed by atoms with E-state index in [2.05, 4.69) is 0 Å². The van der Waals surface area contributed by atoms with E-state index in [1.54, 1.807) is 0 Å². The quantitative estimate of drug-likeness (QED) is 0.296. The Bertz CT molecular complexity index is 1550. The van der Waals surface area contributed by atoms with Gasteiger partial charge in [0.25, 0.3) is 0 Å².